The number of hydrogen-bond donors (Lipinski definition) is 0. The summed E-state index contributed by atoms with van der Waals surface area (Å²) in [6.07, 6.45) is 7.43. The standard InChI is InChI=1S/C27H25F2N7O4S/c1-33(2)41(38)36-12-11-31-23(36)15-34(26-24(28)21(39-3)14-22(40-4)25(26)29)18-5-6-20-19(13-18)27(37)35(16-32-20)17-7-9-30-10-8-17/h5-14,16H,15H2,1-4H3. The van der Waals surface area contributed by atoms with Crippen LogP contribution in [0.25, 0.3) is 16.6 Å². The first-order chi connectivity index (χ1) is 19.7. The summed E-state index contributed by atoms with van der Waals surface area (Å²) in [4.78, 5) is 27.5. The van der Waals surface area contributed by atoms with Gasteiger partial charge >= 0.3 is 0 Å². The lowest BCUT2D eigenvalue weighted by Crippen LogP contribution is -2.31. The van der Waals surface area contributed by atoms with Gasteiger partial charge in [0.25, 0.3) is 5.56 Å². The number of nitrogens with zero attached hydrogens (tertiary/aromatic N) is 7. The van der Waals surface area contributed by atoms with E-state index >= 15 is 8.78 Å². The van der Waals surface area contributed by atoms with Gasteiger partial charge in [0.05, 0.1) is 49.7 Å². The van der Waals surface area contributed by atoms with Gasteiger partial charge in [-0.25, -0.2) is 18.7 Å². The van der Waals surface area contributed by atoms with E-state index in [-0.39, 0.29) is 34.9 Å². The fraction of sp³-hybridized carbons (Fsp3) is 0.185. The van der Waals surface area contributed by atoms with Crippen LogP contribution in [0.1, 0.15) is 5.82 Å². The molecule has 0 saturated carbocycles. The molecule has 11 nitrogen and oxygen atoms in total. The van der Waals surface area contributed by atoms with Crippen LogP contribution in [-0.2, 0) is 18.1 Å². The molecule has 1 unspecified atom stereocenters. The van der Waals surface area contributed by atoms with Gasteiger partial charge < -0.3 is 18.9 Å². The number of imidazole rings is 1. The Morgan fingerprint density at radius 3 is 2.29 bits per heavy atom. The average Bonchev–Trinajstić information content (AvgIpc) is 3.45. The van der Waals surface area contributed by atoms with Crippen LogP contribution in [0.15, 0.2) is 72.3 Å². The number of rotatable bonds is 9. The van der Waals surface area contributed by atoms with Crippen molar-refractivity contribution in [3.05, 3.63) is 95.3 Å². The highest BCUT2D eigenvalue weighted by molar-refractivity contribution is 7.87. The predicted octanol–water partition coefficient (Wildman–Crippen LogP) is 3.60. The number of pyridine rings is 1. The van der Waals surface area contributed by atoms with Crippen molar-refractivity contribution in [2.45, 2.75) is 6.54 Å². The van der Waals surface area contributed by atoms with E-state index in [1.54, 1.807) is 50.8 Å². The molecule has 0 fully saturated rings. The fourth-order valence-electron chi connectivity index (χ4n) is 4.27. The van der Waals surface area contributed by atoms with Crippen molar-refractivity contribution in [3.63, 3.8) is 0 Å². The molecule has 0 aliphatic rings. The van der Waals surface area contributed by atoms with Crippen molar-refractivity contribution in [1.29, 1.82) is 0 Å². The van der Waals surface area contributed by atoms with Gasteiger partial charge in [-0.15, -0.1) is 8.28 Å². The van der Waals surface area contributed by atoms with Gasteiger partial charge in [0.1, 0.15) is 12.0 Å². The van der Waals surface area contributed by atoms with Crippen molar-refractivity contribution in [2.75, 3.05) is 33.2 Å². The normalized spacial score (nSPS) is 12.1. The van der Waals surface area contributed by atoms with Gasteiger partial charge in [0, 0.05) is 38.2 Å². The molecule has 0 aliphatic heterocycles. The third-order valence-electron chi connectivity index (χ3n) is 6.27. The largest absolute Gasteiger partial charge is 0.573 e. The molecule has 5 rings (SSSR count). The van der Waals surface area contributed by atoms with Gasteiger partial charge in [0.15, 0.2) is 40.5 Å². The van der Waals surface area contributed by atoms with E-state index in [1.165, 1.54) is 56.8 Å². The molecule has 3 aromatic heterocycles. The minimum atomic E-state index is -1.66. The van der Waals surface area contributed by atoms with Crippen molar-refractivity contribution in [1.82, 2.24) is 27.8 Å². The molecule has 0 aliphatic carbocycles. The first-order valence-electron chi connectivity index (χ1n) is 12.2. The Hall–Kier alpha value is -4.53. The molecule has 3 heterocycles. The molecule has 0 bridgehead atoms. The lowest BCUT2D eigenvalue weighted by molar-refractivity contribution is 0.358. The zero-order chi connectivity index (χ0) is 29.3. The molecule has 1 atom stereocenters. The van der Waals surface area contributed by atoms with E-state index in [0.29, 0.717) is 11.2 Å². The first kappa shape index (κ1) is 28.0. The van der Waals surface area contributed by atoms with Crippen LogP contribution >= 0.6 is 0 Å². The van der Waals surface area contributed by atoms with Gasteiger partial charge in [0.2, 0.25) is 0 Å². The number of fused-ring (bicyclic) bond motifs is 1. The summed E-state index contributed by atoms with van der Waals surface area (Å²) in [7, 11) is 5.74. The molecule has 0 saturated heterocycles. The van der Waals surface area contributed by atoms with Crippen LogP contribution in [0.3, 0.4) is 0 Å². The van der Waals surface area contributed by atoms with Crippen LogP contribution in [0.4, 0.5) is 20.2 Å². The number of anilines is 2. The summed E-state index contributed by atoms with van der Waals surface area (Å²) in [6, 6.07) is 9.06. The van der Waals surface area contributed by atoms with E-state index in [4.69, 9.17) is 9.47 Å². The van der Waals surface area contributed by atoms with Crippen LogP contribution in [0, 0.1) is 11.6 Å². The lowest BCUT2D eigenvalue weighted by Gasteiger charge is -2.27. The Kier molecular flexibility index (Phi) is 7.88. The molecule has 0 N–H and O–H groups in total. The predicted molar refractivity (Wildman–Crippen MR) is 150 cm³/mol. The number of methoxy groups -OCH3 is 2. The van der Waals surface area contributed by atoms with E-state index in [1.807, 2.05) is 0 Å². The van der Waals surface area contributed by atoms with Gasteiger partial charge in [-0.3, -0.25) is 14.3 Å². The van der Waals surface area contributed by atoms with Crippen LogP contribution in [-0.4, -0.2) is 60.7 Å². The summed E-state index contributed by atoms with van der Waals surface area (Å²) < 4.78 is 59.1. The highest BCUT2D eigenvalue weighted by Gasteiger charge is 2.29. The first-order valence-corrected chi connectivity index (χ1v) is 13.2. The van der Waals surface area contributed by atoms with Crippen molar-refractivity contribution >= 4 is 33.8 Å². The monoisotopic (exact) mass is 581 g/mol. The molecule has 0 radical (unpaired) electrons. The van der Waals surface area contributed by atoms with Crippen molar-refractivity contribution in [2.24, 2.45) is 0 Å². The molecule has 2 aromatic carbocycles. The number of hydrogen-bond acceptors (Lipinski definition) is 9. The second-order valence-electron chi connectivity index (χ2n) is 8.88. The Labute approximate surface area is 236 Å². The second-order valence-corrected chi connectivity index (χ2v) is 10.5. The van der Waals surface area contributed by atoms with Gasteiger partial charge in [-0.05, 0) is 30.3 Å². The Bertz CT molecular complexity index is 1740. The second kappa shape index (κ2) is 11.5. The molecule has 41 heavy (non-hydrogen) atoms. The smallest absolute Gasteiger partial charge is 0.265 e. The molecule has 5 aromatic rings. The molecule has 14 heteroatoms. The zero-order valence-corrected chi connectivity index (χ0v) is 23.3. The van der Waals surface area contributed by atoms with Gasteiger partial charge in [-0.1, -0.05) is 0 Å². The molecule has 212 valence electrons. The molecular formula is C27H25F2N7O4S. The minimum Gasteiger partial charge on any atom is -0.573 e. The van der Waals surface area contributed by atoms with Crippen LogP contribution in [0.2, 0.25) is 0 Å². The number of ether oxygens (including phenoxy) is 2. The SMILES string of the molecule is COc1cc(OC)c(F)c(N(Cc2nccn2[S+]([O-])N(C)C)c2ccc3ncn(-c4ccncc4)c(=O)c3c2)c1F. The van der Waals surface area contributed by atoms with E-state index in [0.717, 1.165) is 6.07 Å². The van der Waals surface area contributed by atoms with Crippen LogP contribution in [0.5, 0.6) is 11.5 Å². The molecule has 0 amide bonds. The number of aromatic nitrogens is 5. The van der Waals surface area contributed by atoms with Crippen molar-refractivity contribution in [3.8, 4) is 17.2 Å². The van der Waals surface area contributed by atoms with E-state index in [2.05, 4.69) is 15.0 Å². The highest BCUT2D eigenvalue weighted by atomic mass is 32.2. The van der Waals surface area contributed by atoms with Crippen molar-refractivity contribution < 1.29 is 22.8 Å². The Morgan fingerprint density at radius 1 is 0.976 bits per heavy atom. The summed E-state index contributed by atoms with van der Waals surface area (Å²) in [5.41, 5.74) is 0.251. The molecule has 0 spiro atoms. The minimum absolute atomic E-state index is 0.197. The van der Waals surface area contributed by atoms with E-state index < -0.39 is 34.4 Å². The number of benzene rings is 2. The highest BCUT2D eigenvalue weighted by Crippen LogP contribution is 2.41. The summed E-state index contributed by atoms with van der Waals surface area (Å²) in [5, 5.41) is 0.197. The Balaban J connectivity index is 1.74. The maximum atomic E-state index is 15.8. The Morgan fingerprint density at radius 2 is 1.66 bits per heavy atom. The summed E-state index contributed by atoms with van der Waals surface area (Å²) in [5.74, 6) is -2.29. The van der Waals surface area contributed by atoms with Crippen LogP contribution < -0.4 is 19.9 Å². The maximum absolute atomic E-state index is 15.8. The number of halogens is 2. The fourth-order valence-corrected chi connectivity index (χ4v) is 5.06. The zero-order valence-electron chi connectivity index (χ0n) is 22.5. The summed E-state index contributed by atoms with van der Waals surface area (Å²) in [6.45, 7) is -0.235. The third kappa shape index (κ3) is 5.19. The quantitative estimate of drug-likeness (QED) is 0.241. The van der Waals surface area contributed by atoms with Gasteiger partial charge in [-0.2, -0.15) is 0 Å². The summed E-state index contributed by atoms with van der Waals surface area (Å²) >= 11 is -1.66. The third-order valence-corrected chi connectivity index (χ3v) is 7.57. The molecular weight excluding hydrogens is 556 g/mol. The lowest BCUT2D eigenvalue weighted by atomic mass is 10.1. The topological polar surface area (TPSA) is 114 Å². The average molecular weight is 582 g/mol. The van der Waals surface area contributed by atoms with E-state index in [9.17, 15) is 9.35 Å². The maximum Gasteiger partial charge on any atom is 0.265 e.